The standard InChI is InChI=1S/C28H21Cl2N3O8/c1-3-41-28(39)14-7-9-17(10-8-14)33-25(35)22(30)23(26(33)36)31-16-6-4-5-15(11-16)24(34)32-20-13-21(40-2)18(27(37)38)12-19(20)29/h4-13,31H,3H2,1-2H3,(H,32,34)(H,37,38)/p-1. The molecule has 210 valence electrons. The average molecular weight is 597 g/mol. The minimum Gasteiger partial charge on any atom is -0.545 e. The highest BCUT2D eigenvalue weighted by atomic mass is 35.5. The number of ether oxygens (including phenoxy) is 2. The number of carbonyl (C=O) groups is 5. The van der Waals surface area contributed by atoms with Crippen LogP contribution in [-0.2, 0) is 14.3 Å². The third-order valence-corrected chi connectivity index (χ3v) is 6.48. The van der Waals surface area contributed by atoms with Crippen molar-refractivity contribution in [1.29, 1.82) is 0 Å². The molecule has 0 atom stereocenters. The summed E-state index contributed by atoms with van der Waals surface area (Å²) in [6.07, 6.45) is 0. The van der Waals surface area contributed by atoms with Crippen LogP contribution < -0.4 is 25.4 Å². The third kappa shape index (κ3) is 6.01. The molecular weight excluding hydrogens is 577 g/mol. The monoisotopic (exact) mass is 596 g/mol. The number of benzene rings is 3. The number of carboxylic acid groups (broad SMARTS) is 1. The Morgan fingerprint density at radius 1 is 0.951 bits per heavy atom. The first kappa shape index (κ1) is 29.1. The lowest BCUT2D eigenvalue weighted by molar-refractivity contribution is -0.255. The topological polar surface area (TPSA) is 154 Å². The van der Waals surface area contributed by atoms with E-state index >= 15 is 0 Å². The van der Waals surface area contributed by atoms with Crippen molar-refractivity contribution in [3.8, 4) is 5.75 Å². The quantitative estimate of drug-likeness (QED) is 0.278. The maximum absolute atomic E-state index is 13.1. The van der Waals surface area contributed by atoms with Gasteiger partial charge in [-0.2, -0.15) is 0 Å². The Kier molecular flexibility index (Phi) is 8.60. The van der Waals surface area contributed by atoms with Gasteiger partial charge >= 0.3 is 5.97 Å². The van der Waals surface area contributed by atoms with Gasteiger partial charge in [0.05, 0.1) is 41.6 Å². The molecule has 41 heavy (non-hydrogen) atoms. The molecule has 0 spiro atoms. The van der Waals surface area contributed by atoms with E-state index in [9.17, 15) is 29.1 Å². The zero-order chi connectivity index (χ0) is 29.8. The van der Waals surface area contributed by atoms with Crippen molar-refractivity contribution < 1.29 is 38.6 Å². The number of carboxylic acids is 1. The first-order chi connectivity index (χ1) is 19.5. The molecule has 0 aliphatic carbocycles. The predicted molar refractivity (Wildman–Crippen MR) is 148 cm³/mol. The molecular formula is C28H20Cl2N3O8-. The number of hydrogen-bond donors (Lipinski definition) is 2. The number of aromatic carboxylic acids is 1. The van der Waals surface area contributed by atoms with E-state index in [1.165, 1.54) is 55.6 Å². The largest absolute Gasteiger partial charge is 0.545 e. The van der Waals surface area contributed by atoms with Crippen molar-refractivity contribution in [2.45, 2.75) is 6.92 Å². The van der Waals surface area contributed by atoms with Crippen LogP contribution in [0, 0.1) is 0 Å². The summed E-state index contributed by atoms with van der Waals surface area (Å²) in [6.45, 7) is 1.87. The van der Waals surface area contributed by atoms with Gasteiger partial charge in [-0.25, -0.2) is 9.69 Å². The fraction of sp³-hybridized carbons (Fsp3) is 0.107. The maximum atomic E-state index is 13.1. The van der Waals surface area contributed by atoms with Crippen LogP contribution >= 0.6 is 23.2 Å². The smallest absolute Gasteiger partial charge is 0.338 e. The number of esters is 1. The van der Waals surface area contributed by atoms with E-state index in [0.29, 0.717) is 0 Å². The molecule has 0 radical (unpaired) electrons. The molecule has 0 aromatic heterocycles. The Balaban J connectivity index is 1.52. The van der Waals surface area contributed by atoms with E-state index in [-0.39, 0.29) is 61.9 Å². The van der Waals surface area contributed by atoms with Crippen LogP contribution in [0.3, 0.4) is 0 Å². The molecule has 3 aromatic carbocycles. The fourth-order valence-electron chi connectivity index (χ4n) is 3.86. The number of imide groups is 1. The van der Waals surface area contributed by atoms with E-state index in [4.69, 9.17) is 32.7 Å². The lowest BCUT2D eigenvalue weighted by Gasteiger charge is -2.16. The zero-order valence-corrected chi connectivity index (χ0v) is 23.0. The molecule has 1 aliphatic heterocycles. The molecule has 2 N–H and O–H groups in total. The molecule has 1 heterocycles. The minimum absolute atomic E-state index is 0.0602. The molecule has 0 bridgehead atoms. The van der Waals surface area contributed by atoms with Gasteiger partial charge in [0, 0.05) is 22.9 Å². The maximum Gasteiger partial charge on any atom is 0.338 e. The molecule has 13 heteroatoms. The van der Waals surface area contributed by atoms with Crippen LogP contribution in [0.2, 0.25) is 5.02 Å². The Morgan fingerprint density at radius 3 is 2.29 bits per heavy atom. The summed E-state index contributed by atoms with van der Waals surface area (Å²) in [7, 11) is 1.25. The number of anilines is 3. The molecule has 1 aliphatic rings. The van der Waals surface area contributed by atoms with Gasteiger partial charge in [0.2, 0.25) is 0 Å². The first-order valence-electron chi connectivity index (χ1n) is 11.9. The highest BCUT2D eigenvalue weighted by molar-refractivity contribution is 6.53. The molecule has 0 saturated heterocycles. The Labute approximate surface area is 243 Å². The molecule has 4 rings (SSSR count). The van der Waals surface area contributed by atoms with E-state index in [1.54, 1.807) is 13.0 Å². The van der Waals surface area contributed by atoms with Gasteiger partial charge in [0.25, 0.3) is 17.7 Å². The number of amides is 3. The summed E-state index contributed by atoms with van der Waals surface area (Å²) in [5.74, 6) is -4.24. The number of rotatable bonds is 9. The number of hydrogen-bond acceptors (Lipinski definition) is 9. The van der Waals surface area contributed by atoms with Gasteiger partial charge in [-0.05, 0) is 55.5 Å². The lowest BCUT2D eigenvalue weighted by atomic mass is 10.1. The van der Waals surface area contributed by atoms with Crippen molar-refractivity contribution >= 4 is 69.9 Å². The van der Waals surface area contributed by atoms with Crippen molar-refractivity contribution in [1.82, 2.24) is 0 Å². The molecule has 0 fully saturated rings. The Bertz CT molecular complexity index is 1620. The minimum atomic E-state index is -1.50. The summed E-state index contributed by atoms with van der Waals surface area (Å²) >= 11 is 12.3. The summed E-state index contributed by atoms with van der Waals surface area (Å²) in [5, 5.41) is 16.2. The fourth-order valence-corrected chi connectivity index (χ4v) is 4.28. The molecule has 11 nitrogen and oxygen atoms in total. The highest BCUT2D eigenvalue weighted by Crippen LogP contribution is 2.32. The first-order valence-corrected chi connectivity index (χ1v) is 12.6. The zero-order valence-electron chi connectivity index (χ0n) is 21.4. The Morgan fingerprint density at radius 2 is 1.66 bits per heavy atom. The summed E-state index contributed by atoms with van der Waals surface area (Å²) in [6, 6.07) is 14.0. The second-order valence-corrected chi connectivity index (χ2v) is 9.17. The van der Waals surface area contributed by atoms with Gasteiger partial charge < -0.3 is 30.0 Å². The van der Waals surface area contributed by atoms with Crippen LogP contribution in [0.4, 0.5) is 17.1 Å². The van der Waals surface area contributed by atoms with Crippen LogP contribution in [-0.4, -0.2) is 43.4 Å². The molecule has 0 saturated carbocycles. The number of nitrogens with one attached hydrogen (secondary N) is 2. The van der Waals surface area contributed by atoms with Crippen LogP contribution in [0.5, 0.6) is 5.75 Å². The van der Waals surface area contributed by atoms with Gasteiger partial charge in [0.15, 0.2) is 0 Å². The van der Waals surface area contributed by atoms with E-state index < -0.39 is 29.7 Å². The molecule has 3 amide bonds. The molecule has 0 unspecified atom stereocenters. The SMILES string of the molecule is CCOC(=O)c1ccc(N2C(=O)C(Cl)=C(Nc3cccc(C(=O)Nc4cc(OC)c(C(=O)[O-])cc4Cl)c3)C2=O)cc1. The van der Waals surface area contributed by atoms with Crippen molar-refractivity contribution in [2.24, 2.45) is 0 Å². The van der Waals surface area contributed by atoms with Crippen molar-refractivity contribution in [2.75, 3.05) is 29.3 Å². The van der Waals surface area contributed by atoms with E-state index in [0.717, 1.165) is 11.0 Å². The average Bonchev–Trinajstić information content (AvgIpc) is 3.16. The number of halogens is 2. The Hall–Kier alpha value is -4.87. The number of carbonyl (C=O) groups excluding carboxylic acids is 5. The predicted octanol–water partition coefficient (Wildman–Crippen LogP) is 3.58. The summed E-state index contributed by atoms with van der Waals surface area (Å²) in [5.41, 5.74) is 0.422. The van der Waals surface area contributed by atoms with Crippen LogP contribution in [0.25, 0.3) is 0 Å². The van der Waals surface area contributed by atoms with Crippen LogP contribution in [0.1, 0.15) is 38.0 Å². The van der Waals surface area contributed by atoms with E-state index in [2.05, 4.69) is 10.6 Å². The van der Waals surface area contributed by atoms with Crippen molar-refractivity contribution in [3.05, 3.63) is 93.1 Å². The van der Waals surface area contributed by atoms with Gasteiger partial charge in [-0.1, -0.05) is 29.3 Å². The number of methoxy groups -OCH3 is 1. The normalized spacial score (nSPS) is 12.8. The van der Waals surface area contributed by atoms with Gasteiger partial charge in [0.1, 0.15) is 16.5 Å². The number of nitrogens with zero attached hydrogens (tertiary/aromatic N) is 1. The summed E-state index contributed by atoms with van der Waals surface area (Å²) < 4.78 is 9.97. The van der Waals surface area contributed by atoms with Crippen molar-refractivity contribution in [3.63, 3.8) is 0 Å². The van der Waals surface area contributed by atoms with Crippen LogP contribution in [0.15, 0.2) is 71.4 Å². The third-order valence-electron chi connectivity index (χ3n) is 5.82. The van der Waals surface area contributed by atoms with E-state index in [1.807, 2.05) is 0 Å². The van der Waals surface area contributed by atoms with Gasteiger partial charge in [-0.3, -0.25) is 14.4 Å². The summed E-state index contributed by atoms with van der Waals surface area (Å²) in [4.78, 5) is 62.9. The second-order valence-electron chi connectivity index (χ2n) is 8.38. The second kappa shape index (κ2) is 12.1. The lowest BCUT2D eigenvalue weighted by Crippen LogP contribution is -2.32. The van der Waals surface area contributed by atoms with Gasteiger partial charge in [-0.15, -0.1) is 0 Å². The molecule has 3 aromatic rings. The highest BCUT2D eigenvalue weighted by Gasteiger charge is 2.39.